The molecule has 0 saturated carbocycles. The molecule has 94 valence electrons. The van der Waals surface area contributed by atoms with Crippen molar-refractivity contribution < 1.29 is 0 Å². The quantitative estimate of drug-likeness (QED) is 0.399. The second-order valence-electron chi connectivity index (χ2n) is 3.40. The Hall–Kier alpha value is -1.04. The van der Waals surface area contributed by atoms with E-state index in [1.807, 2.05) is 13.0 Å². The van der Waals surface area contributed by atoms with Gasteiger partial charge in [-0.15, -0.1) is 13.2 Å². The molecule has 0 amide bonds. The number of rotatable bonds is 4. The molecule has 0 nitrogen and oxygen atoms in total. The van der Waals surface area contributed by atoms with Gasteiger partial charge in [0.15, 0.2) is 0 Å². The van der Waals surface area contributed by atoms with Crippen molar-refractivity contribution in [1.82, 2.24) is 0 Å². The van der Waals surface area contributed by atoms with Crippen LogP contribution < -0.4 is 0 Å². The summed E-state index contributed by atoms with van der Waals surface area (Å²) in [7, 11) is 0. The number of unbranched alkanes of at least 4 members (excludes halogenated alkanes) is 1. The van der Waals surface area contributed by atoms with Gasteiger partial charge in [-0.05, 0) is 20.3 Å². The minimum atomic E-state index is 1.10. The third kappa shape index (κ3) is 23.1. The minimum absolute atomic E-state index is 1.10. The Bertz CT molecular complexity index is 192. The van der Waals surface area contributed by atoms with Gasteiger partial charge in [0.1, 0.15) is 0 Å². The van der Waals surface area contributed by atoms with Gasteiger partial charge in [0.25, 0.3) is 0 Å². The van der Waals surface area contributed by atoms with E-state index in [1.165, 1.54) is 18.4 Å². The van der Waals surface area contributed by atoms with Gasteiger partial charge < -0.3 is 0 Å². The first kappa shape index (κ1) is 20.4. The first-order chi connectivity index (χ1) is 7.62. The number of allylic oxidation sites excluding steroid dienone is 5. The Balaban J connectivity index is -0.000000237. The van der Waals surface area contributed by atoms with Crippen molar-refractivity contribution in [2.45, 2.75) is 53.9 Å². The highest BCUT2D eigenvalue weighted by atomic mass is 13.9. The lowest BCUT2D eigenvalue weighted by molar-refractivity contribution is 0.886. The molecule has 0 aliphatic rings. The van der Waals surface area contributed by atoms with Gasteiger partial charge in [0.2, 0.25) is 0 Å². The summed E-state index contributed by atoms with van der Waals surface area (Å²) < 4.78 is 0. The molecular formula is C16H30. The Morgan fingerprint density at radius 1 is 1.00 bits per heavy atom. The largest absolute Gasteiger partial charge is 0.106 e. The zero-order valence-corrected chi connectivity index (χ0v) is 12.0. The van der Waals surface area contributed by atoms with Gasteiger partial charge in [0.05, 0.1) is 0 Å². The molecule has 0 bridgehead atoms. The fraction of sp³-hybridized carbons (Fsp3) is 0.500. The zero-order chi connectivity index (χ0) is 13.4. The lowest BCUT2D eigenvalue weighted by Crippen LogP contribution is -1.72. The molecule has 0 rings (SSSR count). The molecule has 0 aliphatic carbocycles. The lowest BCUT2D eigenvalue weighted by atomic mass is 10.1. The monoisotopic (exact) mass is 222 g/mol. The van der Waals surface area contributed by atoms with Gasteiger partial charge in [-0.3, -0.25) is 0 Å². The lowest BCUT2D eigenvalue weighted by Gasteiger charge is -1.92. The molecule has 0 heteroatoms. The van der Waals surface area contributed by atoms with Crippen molar-refractivity contribution in [3.63, 3.8) is 0 Å². The Morgan fingerprint density at radius 3 is 1.62 bits per heavy atom. The summed E-state index contributed by atoms with van der Waals surface area (Å²) in [5.41, 5.74) is 2.47. The van der Waals surface area contributed by atoms with Crippen LogP contribution >= 0.6 is 0 Å². The van der Waals surface area contributed by atoms with E-state index < -0.39 is 0 Å². The smallest absolute Gasteiger partial charge is 0.0311 e. The van der Waals surface area contributed by atoms with Crippen LogP contribution in [0.15, 0.2) is 49.1 Å². The molecule has 0 aliphatic heterocycles. The maximum absolute atomic E-state index is 3.78. The van der Waals surface area contributed by atoms with E-state index in [1.54, 1.807) is 0 Å². The summed E-state index contributed by atoms with van der Waals surface area (Å²) in [6.07, 6.45) is 10.0. The van der Waals surface area contributed by atoms with Crippen LogP contribution in [0.2, 0.25) is 0 Å². The van der Waals surface area contributed by atoms with Crippen molar-refractivity contribution >= 4 is 0 Å². The minimum Gasteiger partial charge on any atom is -0.106 e. The van der Waals surface area contributed by atoms with Crippen LogP contribution in [0.4, 0.5) is 0 Å². The Morgan fingerprint density at radius 2 is 1.44 bits per heavy atom. The van der Waals surface area contributed by atoms with E-state index in [-0.39, 0.29) is 0 Å². The van der Waals surface area contributed by atoms with Crippen molar-refractivity contribution in [1.29, 1.82) is 0 Å². The third-order valence-corrected chi connectivity index (χ3v) is 1.86. The molecule has 0 radical (unpaired) electrons. The fourth-order valence-electron chi connectivity index (χ4n) is 0.667. The molecule has 0 fully saturated rings. The van der Waals surface area contributed by atoms with Crippen LogP contribution in [0.1, 0.15) is 53.9 Å². The summed E-state index contributed by atoms with van der Waals surface area (Å²) >= 11 is 0. The fourth-order valence-corrected chi connectivity index (χ4v) is 0.667. The summed E-state index contributed by atoms with van der Waals surface area (Å²) in [5.74, 6) is 0. The molecule has 0 heterocycles. The Labute approximate surface area is 103 Å². The van der Waals surface area contributed by atoms with Crippen molar-refractivity contribution in [2.75, 3.05) is 0 Å². The van der Waals surface area contributed by atoms with E-state index in [0.717, 1.165) is 12.0 Å². The highest BCUT2D eigenvalue weighted by Crippen LogP contribution is 2.03. The molecule has 0 saturated heterocycles. The first-order valence-corrected chi connectivity index (χ1v) is 6.11. The van der Waals surface area contributed by atoms with E-state index in [0.29, 0.717) is 0 Å². The average Bonchev–Trinajstić information content (AvgIpc) is 2.33. The van der Waals surface area contributed by atoms with Gasteiger partial charge in [-0.25, -0.2) is 0 Å². The molecule has 0 aromatic rings. The van der Waals surface area contributed by atoms with Crippen LogP contribution in [-0.4, -0.2) is 0 Å². The molecule has 16 heavy (non-hydrogen) atoms. The second kappa shape index (κ2) is 19.5. The summed E-state index contributed by atoms with van der Waals surface area (Å²) in [4.78, 5) is 0. The number of hydrogen-bond donors (Lipinski definition) is 0. The molecule has 0 spiro atoms. The third-order valence-electron chi connectivity index (χ3n) is 1.86. The van der Waals surface area contributed by atoms with Crippen LogP contribution in [0.25, 0.3) is 0 Å². The van der Waals surface area contributed by atoms with Crippen LogP contribution in [0.5, 0.6) is 0 Å². The van der Waals surface area contributed by atoms with E-state index in [9.17, 15) is 0 Å². The highest BCUT2D eigenvalue weighted by molar-refractivity contribution is 5.24. The SMILES string of the molecule is C=C.C=C(C)/C=C\C(=C/C)CC.CCCC. The van der Waals surface area contributed by atoms with E-state index >= 15 is 0 Å². The zero-order valence-electron chi connectivity index (χ0n) is 12.0. The van der Waals surface area contributed by atoms with Gasteiger partial charge in [0, 0.05) is 0 Å². The first-order valence-electron chi connectivity index (χ1n) is 6.11. The van der Waals surface area contributed by atoms with Crippen molar-refractivity contribution in [2.24, 2.45) is 0 Å². The maximum Gasteiger partial charge on any atom is -0.0311 e. The number of hydrogen-bond acceptors (Lipinski definition) is 0. The standard InChI is InChI=1S/C10H16.C4H10.C2H4/c1-5-10(6-2)8-7-9(3)4;1-3-4-2;1-2/h5,7-8H,3,6H2,1-2,4H3;3-4H2,1-2H3;1-2H2/b8-7-,10-5-;;. The van der Waals surface area contributed by atoms with Crippen LogP contribution in [-0.2, 0) is 0 Å². The average molecular weight is 222 g/mol. The predicted molar refractivity (Wildman–Crippen MR) is 79.8 cm³/mol. The summed E-state index contributed by atoms with van der Waals surface area (Å²) in [6.45, 7) is 20.4. The summed E-state index contributed by atoms with van der Waals surface area (Å²) in [5, 5.41) is 0. The van der Waals surface area contributed by atoms with Crippen molar-refractivity contribution in [3.05, 3.63) is 49.1 Å². The Kier molecular flexibility index (Phi) is 24.9. The normalized spacial score (nSPS) is 9.94. The molecular weight excluding hydrogens is 192 g/mol. The summed E-state index contributed by atoms with van der Waals surface area (Å²) in [6, 6.07) is 0. The maximum atomic E-state index is 3.78. The van der Waals surface area contributed by atoms with E-state index in [4.69, 9.17) is 0 Å². The van der Waals surface area contributed by atoms with Gasteiger partial charge >= 0.3 is 0 Å². The molecule has 0 unspecified atom stereocenters. The second-order valence-corrected chi connectivity index (χ2v) is 3.40. The van der Waals surface area contributed by atoms with Crippen molar-refractivity contribution in [3.8, 4) is 0 Å². The topological polar surface area (TPSA) is 0 Å². The highest BCUT2D eigenvalue weighted by Gasteiger charge is 1.82. The van der Waals surface area contributed by atoms with Gasteiger partial charge in [-0.1, -0.05) is 69.6 Å². The molecule has 0 aromatic heterocycles. The van der Waals surface area contributed by atoms with E-state index in [2.05, 4.69) is 59.6 Å². The predicted octanol–water partition coefficient (Wildman–Crippen LogP) is 6.08. The molecule has 0 atom stereocenters. The van der Waals surface area contributed by atoms with Crippen LogP contribution in [0.3, 0.4) is 0 Å². The molecule has 0 aromatic carbocycles. The molecule has 0 N–H and O–H groups in total. The van der Waals surface area contributed by atoms with Gasteiger partial charge in [-0.2, -0.15) is 0 Å². The van der Waals surface area contributed by atoms with Crippen LogP contribution in [0, 0.1) is 0 Å².